The van der Waals surface area contributed by atoms with Crippen molar-refractivity contribution in [3.05, 3.63) is 78.0 Å². The lowest BCUT2D eigenvalue weighted by Crippen LogP contribution is -2.26. The van der Waals surface area contributed by atoms with Gasteiger partial charge in [0.2, 0.25) is 0 Å². The molecule has 0 saturated carbocycles. The first-order chi connectivity index (χ1) is 13.8. The maximum Gasteiger partial charge on any atom is 0.270 e. The summed E-state index contributed by atoms with van der Waals surface area (Å²) in [6, 6.07) is 21.7. The van der Waals surface area contributed by atoms with Crippen molar-refractivity contribution in [1.82, 2.24) is 15.3 Å². The number of carbonyl (C=O) groups is 1. The molecule has 0 atom stereocenters. The van der Waals surface area contributed by atoms with Gasteiger partial charge in [-0.25, -0.2) is 9.97 Å². The van der Waals surface area contributed by atoms with E-state index in [2.05, 4.69) is 39.7 Å². The molecule has 0 spiro atoms. The lowest BCUT2D eigenvalue weighted by atomic mass is 10.1. The fourth-order valence-corrected chi connectivity index (χ4v) is 2.85. The van der Waals surface area contributed by atoms with Gasteiger partial charge in [0.05, 0.1) is 0 Å². The predicted molar refractivity (Wildman–Crippen MR) is 113 cm³/mol. The number of aromatic nitrogens is 2. The van der Waals surface area contributed by atoms with Crippen LogP contribution in [0.1, 0.15) is 35.8 Å². The van der Waals surface area contributed by atoms with Crippen LogP contribution in [-0.4, -0.2) is 29.0 Å². The molecular formula is C23H26N4O. The summed E-state index contributed by atoms with van der Waals surface area (Å²) in [5.41, 5.74) is 2.55. The molecule has 0 unspecified atom stereocenters. The molecule has 0 saturated heterocycles. The normalized spacial score (nSPS) is 10.5. The lowest BCUT2D eigenvalue weighted by molar-refractivity contribution is 0.0948. The number of nitrogens with one attached hydrogen (secondary N) is 2. The van der Waals surface area contributed by atoms with Crippen molar-refractivity contribution >= 4 is 11.7 Å². The second kappa shape index (κ2) is 10.2. The SMILES string of the molecule is CCCNc1cc(C(=O)NCCCc2ccccc2)nc(-c2ccccc2)n1. The van der Waals surface area contributed by atoms with Crippen LogP contribution in [0.3, 0.4) is 0 Å². The summed E-state index contributed by atoms with van der Waals surface area (Å²) in [7, 11) is 0. The maximum atomic E-state index is 12.6. The molecule has 5 heteroatoms. The van der Waals surface area contributed by atoms with Gasteiger partial charge in [0, 0.05) is 24.7 Å². The topological polar surface area (TPSA) is 66.9 Å². The average Bonchev–Trinajstić information content (AvgIpc) is 2.76. The Hall–Kier alpha value is -3.21. The van der Waals surface area contributed by atoms with Gasteiger partial charge in [-0.2, -0.15) is 0 Å². The molecule has 0 bridgehead atoms. The molecule has 28 heavy (non-hydrogen) atoms. The highest BCUT2D eigenvalue weighted by molar-refractivity contribution is 5.93. The van der Waals surface area contributed by atoms with Crippen molar-refractivity contribution in [2.45, 2.75) is 26.2 Å². The summed E-state index contributed by atoms with van der Waals surface area (Å²) in [4.78, 5) is 21.7. The monoisotopic (exact) mass is 374 g/mol. The first-order valence-corrected chi connectivity index (χ1v) is 9.77. The number of carbonyl (C=O) groups excluding carboxylic acids is 1. The summed E-state index contributed by atoms with van der Waals surface area (Å²) in [5.74, 6) is 1.05. The molecule has 1 heterocycles. The third-order valence-corrected chi connectivity index (χ3v) is 4.32. The highest BCUT2D eigenvalue weighted by atomic mass is 16.1. The largest absolute Gasteiger partial charge is 0.370 e. The van der Waals surface area contributed by atoms with Crippen LogP contribution in [-0.2, 0) is 6.42 Å². The van der Waals surface area contributed by atoms with Crippen molar-refractivity contribution in [3.63, 3.8) is 0 Å². The van der Waals surface area contributed by atoms with E-state index in [0.29, 0.717) is 23.9 Å². The standard InChI is InChI=1S/C23H26N4O/c1-2-15-24-21-17-20(26-22(27-21)19-13-7-4-8-14-19)23(28)25-16-9-12-18-10-5-3-6-11-18/h3-8,10-11,13-14,17H,2,9,12,15-16H2,1H3,(H,25,28)(H,24,26,27). The third-order valence-electron chi connectivity index (χ3n) is 4.32. The quantitative estimate of drug-likeness (QED) is 0.547. The van der Waals surface area contributed by atoms with Crippen LogP contribution in [0.5, 0.6) is 0 Å². The van der Waals surface area contributed by atoms with Gasteiger partial charge < -0.3 is 10.6 Å². The van der Waals surface area contributed by atoms with E-state index < -0.39 is 0 Å². The average molecular weight is 374 g/mol. The summed E-state index contributed by atoms with van der Waals surface area (Å²) >= 11 is 0. The summed E-state index contributed by atoms with van der Waals surface area (Å²) in [6.45, 7) is 3.49. The van der Waals surface area contributed by atoms with Gasteiger partial charge in [0.15, 0.2) is 5.82 Å². The van der Waals surface area contributed by atoms with Crippen LogP contribution in [0.2, 0.25) is 0 Å². The molecule has 1 aromatic heterocycles. The van der Waals surface area contributed by atoms with E-state index in [1.807, 2.05) is 48.5 Å². The van der Waals surface area contributed by atoms with Crippen molar-refractivity contribution in [2.24, 2.45) is 0 Å². The Labute approximate surface area is 166 Å². The highest BCUT2D eigenvalue weighted by Gasteiger charge is 2.12. The number of aryl methyl sites for hydroxylation is 1. The van der Waals surface area contributed by atoms with Crippen molar-refractivity contribution in [1.29, 1.82) is 0 Å². The van der Waals surface area contributed by atoms with Crippen LogP contribution in [0.15, 0.2) is 66.7 Å². The number of anilines is 1. The van der Waals surface area contributed by atoms with Crippen molar-refractivity contribution in [3.8, 4) is 11.4 Å². The minimum absolute atomic E-state index is 0.174. The van der Waals surface area contributed by atoms with E-state index in [4.69, 9.17) is 0 Å². The van der Waals surface area contributed by atoms with E-state index in [0.717, 1.165) is 31.4 Å². The number of rotatable bonds is 9. The van der Waals surface area contributed by atoms with Gasteiger partial charge in [-0.15, -0.1) is 0 Å². The minimum atomic E-state index is -0.174. The smallest absolute Gasteiger partial charge is 0.270 e. The zero-order valence-corrected chi connectivity index (χ0v) is 16.2. The van der Waals surface area contributed by atoms with Crippen LogP contribution < -0.4 is 10.6 Å². The maximum absolute atomic E-state index is 12.6. The molecule has 3 aromatic rings. The second-order valence-corrected chi connectivity index (χ2v) is 6.60. The first-order valence-electron chi connectivity index (χ1n) is 9.77. The summed E-state index contributed by atoms with van der Waals surface area (Å²) in [5, 5.41) is 6.23. The predicted octanol–water partition coefficient (Wildman–Crippen LogP) is 4.33. The van der Waals surface area contributed by atoms with Crippen LogP contribution in [0, 0.1) is 0 Å². The van der Waals surface area contributed by atoms with Gasteiger partial charge in [-0.05, 0) is 24.8 Å². The van der Waals surface area contributed by atoms with Gasteiger partial charge >= 0.3 is 0 Å². The van der Waals surface area contributed by atoms with Gasteiger partial charge in [0.1, 0.15) is 11.5 Å². The molecule has 144 valence electrons. The Morgan fingerprint density at radius 1 is 0.929 bits per heavy atom. The second-order valence-electron chi connectivity index (χ2n) is 6.60. The van der Waals surface area contributed by atoms with Gasteiger partial charge in [-0.3, -0.25) is 4.79 Å². The molecule has 5 nitrogen and oxygen atoms in total. The molecule has 1 amide bonds. The molecular weight excluding hydrogens is 348 g/mol. The van der Waals surface area contributed by atoms with E-state index in [1.54, 1.807) is 6.07 Å². The Balaban J connectivity index is 1.67. The van der Waals surface area contributed by atoms with Crippen molar-refractivity contribution < 1.29 is 4.79 Å². The van der Waals surface area contributed by atoms with Crippen LogP contribution in [0.25, 0.3) is 11.4 Å². The molecule has 3 rings (SSSR count). The fraction of sp³-hybridized carbons (Fsp3) is 0.261. The summed E-state index contributed by atoms with van der Waals surface area (Å²) in [6.07, 6.45) is 2.79. The van der Waals surface area contributed by atoms with Crippen LogP contribution in [0.4, 0.5) is 5.82 Å². The Morgan fingerprint density at radius 3 is 2.36 bits per heavy atom. The molecule has 0 radical (unpaired) electrons. The van der Waals surface area contributed by atoms with E-state index in [-0.39, 0.29) is 5.91 Å². The van der Waals surface area contributed by atoms with Crippen LogP contribution >= 0.6 is 0 Å². The lowest BCUT2D eigenvalue weighted by Gasteiger charge is -2.10. The molecule has 0 aliphatic carbocycles. The van der Waals surface area contributed by atoms with Crippen molar-refractivity contribution in [2.75, 3.05) is 18.4 Å². The molecule has 0 aliphatic heterocycles. The van der Waals surface area contributed by atoms with E-state index in [1.165, 1.54) is 5.56 Å². The molecule has 2 N–H and O–H groups in total. The zero-order valence-electron chi connectivity index (χ0n) is 16.2. The Bertz CT molecular complexity index is 882. The van der Waals surface area contributed by atoms with E-state index in [9.17, 15) is 4.79 Å². The number of hydrogen-bond donors (Lipinski definition) is 2. The molecule has 2 aromatic carbocycles. The Kier molecular flexibility index (Phi) is 7.13. The van der Waals surface area contributed by atoms with E-state index >= 15 is 0 Å². The number of hydrogen-bond acceptors (Lipinski definition) is 4. The highest BCUT2D eigenvalue weighted by Crippen LogP contribution is 2.18. The minimum Gasteiger partial charge on any atom is -0.370 e. The Morgan fingerprint density at radius 2 is 1.64 bits per heavy atom. The number of amides is 1. The number of benzene rings is 2. The molecule has 0 fully saturated rings. The molecule has 0 aliphatic rings. The summed E-state index contributed by atoms with van der Waals surface area (Å²) < 4.78 is 0. The first kappa shape index (κ1) is 19.5. The zero-order chi connectivity index (χ0) is 19.6. The van der Waals surface area contributed by atoms with Gasteiger partial charge in [-0.1, -0.05) is 67.6 Å². The third kappa shape index (κ3) is 5.64. The fourth-order valence-electron chi connectivity index (χ4n) is 2.85. The number of nitrogens with zero attached hydrogens (tertiary/aromatic N) is 2. The van der Waals surface area contributed by atoms with Gasteiger partial charge in [0.25, 0.3) is 5.91 Å².